The third-order valence-electron chi connectivity index (χ3n) is 5.37. The van der Waals surface area contributed by atoms with Crippen molar-refractivity contribution in [2.24, 2.45) is 16.8 Å². The molecule has 2 heterocycles. The maximum absolute atomic E-state index is 5.74. The normalized spacial score (nSPS) is 24.3. The second kappa shape index (κ2) is 14.2. The highest BCUT2D eigenvalue weighted by Gasteiger charge is 2.16. The molecule has 2 fully saturated rings. The summed E-state index contributed by atoms with van der Waals surface area (Å²) in [5.74, 6) is 2.41. The van der Waals surface area contributed by atoms with Crippen LogP contribution in [0.25, 0.3) is 0 Å². The molecule has 2 aliphatic rings. The predicted molar refractivity (Wildman–Crippen MR) is 112 cm³/mol. The quantitative estimate of drug-likeness (QED) is 0.309. The van der Waals surface area contributed by atoms with Crippen molar-refractivity contribution in [1.29, 1.82) is 0 Å². The van der Waals surface area contributed by atoms with Gasteiger partial charge in [-0.15, -0.1) is 0 Å². The van der Waals surface area contributed by atoms with Crippen LogP contribution in [0.3, 0.4) is 0 Å². The fourth-order valence-electron chi connectivity index (χ4n) is 3.82. The Morgan fingerprint density at radius 1 is 1.22 bits per heavy atom. The van der Waals surface area contributed by atoms with Crippen LogP contribution in [-0.2, 0) is 9.47 Å². The Balaban J connectivity index is 1.48. The molecule has 0 aromatic heterocycles. The van der Waals surface area contributed by atoms with Gasteiger partial charge in [-0.2, -0.15) is 0 Å². The largest absolute Gasteiger partial charge is 0.381 e. The van der Waals surface area contributed by atoms with Crippen molar-refractivity contribution in [3.63, 3.8) is 0 Å². The lowest BCUT2D eigenvalue weighted by atomic mass is 10.0. The van der Waals surface area contributed by atoms with Crippen molar-refractivity contribution in [3.8, 4) is 0 Å². The van der Waals surface area contributed by atoms with Crippen molar-refractivity contribution >= 4 is 5.96 Å². The Kier molecular flexibility index (Phi) is 11.8. The molecule has 0 aromatic rings. The molecule has 2 atom stereocenters. The smallest absolute Gasteiger partial charge is 0.191 e. The maximum atomic E-state index is 5.74. The van der Waals surface area contributed by atoms with Crippen molar-refractivity contribution in [2.75, 3.05) is 65.7 Å². The Morgan fingerprint density at radius 2 is 2.15 bits per heavy atom. The third kappa shape index (κ3) is 10.3. The molecule has 158 valence electrons. The number of aliphatic imine (C=N–C) groups is 1. The van der Waals surface area contributed by atoms with E-state index in [1.165, 1.54) is 45.3 Å². The van der Waals surface area contributed by atoms with Gasteiger partial charge in [-0.25, -0.2) is 0 Å². The number of ether oxygens (including phenoxy) is 2. The molecule has 0 saturated carbocycles. The van der Waals surface area contributed by atoms with E-state index in [0.717, 1.165) is 70.8 Å². The van der Waals surface area contributed by atoms with Gasteiger partial charge in [0.15, 0.2) is 5.96 Å². The van der Waals surface area contributed by atoms with Crippen LogP contribution in [0.15, 0.2) is 4.99 Å². The van der Waals surface area contributed by atoms with E-state index in [1.807, 2.05) is 0 Å². The minimum Gasteiger partial charge on any atom is -0.381 e. The number of nitrogens with zero attached hydrogens (tertiary/aromatic N) is 2. The van der Waals surface area contributed by atoms with Crippen LogP contribution in [0.5, 0.6) is 0 Å². The number of hydrogen-bond donors (Lipinski definition) is 2. The van der Waals surface area contributed by atoms with Gasteiger partial charge in [0, 0.05) is 45.3 Å². The van der Waals surface area contributed by atoms with Gasteiger partial charge in [-0.1, -0.05) is 6.92 Å². The first kappa shape index (κ1) is 22.4. The molecule has 0 aromatic carbocycles. The summed E-state index contributed by atoms with van der Waals surface area (Å²) in [6.07, 6.45) is 7.34. The number of rotatable bonds is 12. The molecule has 0 radical (unpaired) electrons. The Labute approximate surface area is 166 Å². The average Bonchev–Trinajstić information content (AvgIpc) is 3.17. The van der Waals surface area contributed by atoms with Crippen LogP contribution in [-0.4, -0.2) is 76.6 Å². The SMILES string of the molecule is CCNC(=NCCCOCC1CCOC1)NCCCCN1CCCC(C)C1. The number of hydrogen-bond acceptors (Lipinski definition) is 4. The molecule has 6 nitrogen and oxygen atoms in total. The predicted octanol–water partition coefficient (Wildman–Crippen LogP) is 2.50. The minimum atomic E-state index is 0.598. The first-order valence-corrected chi connectivity index (χ1v) is 11.2. The number of piperidine rings is 1. The fraction of sp³-hybridized carbons (Fsp3) is 0.952. The zero-order valence-electron chi connectivity index (χ0n) is 17.7. The molecule has 2 saturated heterocycles. The molecular weight excluding hydrogens is 340 g/mol. The summed E-state index contributed by atoms with van der Waals surface area (Å²) < 4.78 is 11.1. The van der Waals surface area contributed by atoms with Crippen LogP contribution < -0.4 is 10.6 Å². The van der Waals surface area contributed by atoms with E-state index in [9.17, 15) is 0 Å². The van der Waals surface area contributed by atoms with E-state index in [0.29, 0.717) is 5.92 Å². The summed E-state index contributed by atoms with van der Waals surface area (Å²) in [6.45, 7) is 14.4. The van der Waals surface area contributed by atoms with Crippen LogP contribution in [0.1, 0.15) is 52.4 Å². The van der Waals surface area contributed by atoms with Crippen LogP contribution in [0.2, 0.25) is 0 Å². The molecule has 2 N–H and O–H groups in total. The van der Waals surface area contributed by atoms with Crippen molar-refractivity contribution in [3.05, 3.63) is 0 Å². The molecule has 2 aliphatic heterocycles. The van der Waals surface area contributed by atoms with Gasteiger partial charge in [-0.3, -0.25) is 4.99 Å². The van der Waals surface area contributed by atoms with Crippen LogP contribution in [0, 0.1) is 11.8 Å². The first-order chi connectivity index (χ1) is 13.3. The lowest BCUT2D eigenvalue weighted by Crippen LogP contribution is -2.38. The van der Waals surface area contributed by atoms with Gasteiger partial charge in [0.05, 0.1) is 13.2 Å². The molecular formula is C21H42N4O2. The van der Waals surface area contributed by atoms with E-state index in [1.54, 1.807) is 0 Å². The summed E-state index contributed by atoms with van der Waals surface area (Å²) in [6, 6.07) is 0. The topological polar surface area (TPSA) is 58.1 Å². The highest BCUT2D eigenvalue weighted by atomic mass is 16.5. The third-order valence-corrected chi connectivity index (χ3v) is 5.37. The van der Waals surface area contributed by atoms with Gasteiger partial charge in [0.1, 0.15) is 0 Å². The number of unbranched alkanes of at least 4 members (excludes halogenated alkanes) is 1. The lowest BCUT2D eigenvalue weighted by molar-refractivity contribution is 0.0893. The van der Waals surface area contributed by atoms with Crippen LogP contribution >= 0.6 is 0 Å². The van der Waals surface area contributed by atoms with Crippen molar-refractivity contribution < 1.29 is 9.47 Å². The zero-order valence-corrected chi connectivity index (χ0v) is 17.7. The van der Waals surface area contributed by atoms with Gasteiger partial charge < -0.3 is 25.0 Å². The summed E-state index contributed by atoms with van der Waals surface area (Å²) in [5, 5.41) is 6.80. The summed E-state index contributed by atoms with van der Waals surface area (Å²) in [7, 11) is 0. The van der Waals surface area contributed by atoms with Gasteiger partial charge in [-0.05, 0) is 64.5 Å². The average molecular weight is 383 g/mol. The summed E-state index contributed by atoms with van der Waals surface area (Å²) in [5.41, 5.74) is 0. The van der Waals surface area contributed by atoms with E-state index in [-0.39, 0.29) is 0 Å². The Bertz CT molecular complexity index is 400. The highest BCUT2D eigenvalue weighted by Crippen LogP contribution is 2.15. The summed E-state index contributed by atoms with van der Waals surface area (Å²) in [4.78, 5) is 7.29. The number of likely N-dealkylation sites (tertiary alicyclic amines) is 1. The molecule has 0 spiro atoms. The monoisotopic (exact) mass is 382 g/mol. The molecule has 27 heavy (non-hydrogen) atoms. The van der Waals surface area contributed by atoms with Gasteiger partial charge in [0.2, 0.25) is 0 Å². The van der Waals surface area contributed by atoms with E-state index >= 15 is 0 Å². The Hall–Kier alpha value is -0.850. The lowest BCUT2D eigenvalue weighted by Gasteiger charge is -2.30. The zero-order chi connectivity index (χ0) is 19.2. The van der Waals surface area contributed by atoms with E-state index < -0.39 is 0 Å². The standard InChI is InChI=1S/C21H42N4O2/c1-3-22-21(24-11-7-14-26-17-20-9-15-27-18-20)23-10-4-5-12-25-13-6-8-19(2)16-25/h19-20H,3-18H2,1-2H3,(H2,22,23,24). The first-order valence-electron chi connectivity index (χ1n) is 11.2. The van der Waals surface area contributed by atoms with E-state index in [4.69, 9.17) is 9.47 Å². The van der Waals surface area contributed by atoms with Gasteiger partial charge in [0.25, 0.3) is 0 Å². The molecule has 2 rings (SSSR count). The summed E-state index contributed by atoms with van der Waals surface area (Å²) >= 11 is 0. The fourth-order valence-corrected chi connectivity index (χ4v) is 3.82. The maximum Gasteiger partial charge on any atom is 0.191 e. The second-order valence-corrected chi connectivity index (χ2v) is 8.10. The molecule has 0 amide bonds. The Morgan fingerprint density at radius 3 is 2.93 bits per heavy atom. The molecule has 6 heteroatoms. The second-order valence-electron chi connectivity index (χ2n) is 8.10. The number of nitrogens with one attached hydrogen (secondary N) is 2. The molecule has 2 unspecified atom stereocenters. The van der Waals surface area contributed by atoms with E-state index in [2.05, 4.69) is 34.4 Å². The van der Waals surface area contributed by atoms with Crippen molar-refractivity contribution in [1.82, 2.24) is 15.5 Å². The van der Waals surface area contributed by atoms with Gasteiger partial charge >= 0.3 is 0 Å². The molecule has 0 bridgehead atoms. The minimum absolute atomic E-state index is 0.598. The van der Waals surface area contributed by atoms with Crippen molar-refractivity contribution in [2.45, 2.75) is 52.4 Å². The highest BCUT2D eigenvalue weighted by molar-refractivity contribution is 5.79. The van der Waals surface area contributed by atoms with Crippen LogP contribution in [0.4, 0.5) is 0 Å². The molecule has 0 aliphatic carbocycles. The number of guanidine groups is 1.